The summed E-state index contributed by atoms with van der Waals surface area (Å²) in [6, 6.07) is 3.36. The minimum Gasteiger partial charge on any atom is -0.493 e. The predicted molar refractivity (Wildman–Crippen MR) is 70.9 cm³/mol. The second-order valence-electron chi connectivity index (χ2n) is 3.78. The van der Waals surface area contributed by atoms with Crippen molar-refractivity contribution < 1.29 is 14.3 Å². The lowest BCUT2D eigenvalue weighted by molar-refractivity contribution is 0.0954. The first-order valence-corrected chi connectivity index (χ1v) is 5.43. The molecule has 2 aromatic rings. The number of rotatable bonds is 3. The zero-order valence-corrected chi connectivity index (χ0v) is 10.6. The van der Waals surface area contributed by atoms with E-state index < -0.39 is 5.91 Å². The van der Waals surface area contributed by atoms with Crippen LogP contribution in [0.3, 0.4) is 0 Å². The van der Waals surface area contributed by atoms with Crippen LogP contribution in [0.5, 0.6) is 11.5 Å². The highest BCUT2D eigenvalue weighted by Gasteiger charge is 2.15. The lowest BCUT2D eigenvalue weighted by Gasteiger charge is -2.11. The normalized spacial score (nSPS) is 10.3. The van der Waals surface area contributed by atoms with Crippen LogP contribution in [0.1, 0.15) is 10.4 Å². The maximum Gasteiger partial charge on any atom is 0.268 e. The van der Waals surface area contributed by atoms with Gasteiger partial charge in [0.2, 0.25) is 0 Å². The van der Waals surface area contributed by atoms with Gasteiger partial charge in [-0.25, -0.2) is 5.84 Å². The van der Waals surface area contributed by atoms with E-state index >= 15 is 0 Å². The van der Waals surface area contributed by atoms with Gasteiger partial charge in [-0.1, -0.05) is 0 Å². The molecule has 2 rings (SSSR count). The number of fused-ring (bicyclic) bond motifs is 1. The highest BCUT2D eigenvalue weighted by atomic mass is 16.5. The molecule has 0 radical (unpaired) electrons. The van der Waals surface area contributed by atoms with Crippen molar-refractivity contribution in [3.05, 3.63) is 23.9 Å². The number of nitrogens with zero attached hydrogens (tertiary/aromatic N) is 1. The van der Waals surface area contributed by atoms with Gasteiger partial charge in [0.05, 0.1) is 31.0 Å². The predicted octanol–water partition coefficient (Wildman–Crippen LogP) is 0.438. The Morgan fingerprint density at radius 3 is 2.47 bits per heavy atom. The van der Waals surface area contributed by atoms with Gasteiger partial charge in [0, 0.05) is 17.6 Å². The molecule has 100 valence electrons. The van der Waals surface area contributed by atoms with Gasteiger partial charge in [0.1, 0.15) is 0 Å². The summed E-state index contributed by atoms with van der Waals surface area (Å²) >= 11 is 0. The molecule has 1 amide bonds. The molecule has 1 heterocycles. The highest BCUT2D eigenvalue weighted by Crippen LogP contribution is 2.34. The van der Waals surface area contributed by atoms with E-state index in [1.165, 1.54) is 20.4 Å². The highest BCUT2D eigenvalue weighted by molar-refractivity contribution is 6.06. The van der Waals surface area contributed by atoms with E-state index in [1.54, 1.807) is 12.1 Å². The Labute approximate surface area is 109 Å². The summed E-state index contributed by atoms with van der Waals surface area (Å²) in [6.07, 6.45) is 1.37. The Kier molecular flexibility index (Phi) is 3.39. The standard InChI is InChI=1S/C12H14N4O3/c1-18-9-3-6-8(4-10(9)19-2)15-5-7(11(6)13)12(17)16-14/h3-5H,14H2,1-2H3,(H2,13,15)(H,16,17). The number of ether oxygens (including phenoxy) is 2. The lowest BCUT2D eigenvalue weighted by atomic mass is 10.1. The molecule has 0 saturated heterocycles. The van der Waals surface area contributed by atoms with Crippen LogP contribution in [0.25, 0.3) is 10.9 Å². The van der Waals surface area contributed by atoms with Crippen molar-refractivity contribution in [3.63, 3.8) is 0 Å². The summed E-state index contributed by atoms with van der Waals surface area (Å²) < 4.78 is 10.4. The maximum atomic E-state index is 11.5. The smallest absolute Gasteiger partial charge is 0.268 e. The van der Waals surface area contributed by atoms with Crippen molar-refractivity contribution in [3.8, 4) is 11.5 Å². The first-order valence-electron chi connectivity index (χ1n) is 5.43. The van der Waals surface area contributed by atoms with Crippen molar-refractivity contribution in [1.29, 1.82) is 0 Å². The van der Waals surface area contributed by atoms with E-state index in [0.29, 0.717) is 22.4 Å². The Bertz CT molecular complexity index is 642. The van der Waals surface area contributed by atoms with Gasteiger partial charge in [-0.15, -0.1) is 0 Å². The molecule has 0 spiro atoms. The number of anilines is 1. The largest absolute Gasteiger partial charge is 0.493 e. The molecule has 0 fully saturated rings. The fourth-order valence-electron chi connectivity index (χ4n) is 1.80. The molecule has 0 aliphatic heterocycles. The van der Waals surface area contributed by atoms with E-state index in [-0.39, 0.29) is 11.3 Å². The number of methoxy groups -OCH3 is 2. The van der Waals surface area contributed by atoms with Crippen LogP contribution in [-0.2, 0) is 0 Å². The molecule has 0 saturated carbocycles. The number of aromatic nitrogens is 1. The third-order valence-corrected chi connectivity index (χ3v) is 2.79. The van der Waals surface area contributed by atoms with Crippen molar-refractivity contribution in [1.82, 2.24) is 10.4 Å². The molecule has 0 aliphatic rings. The molecule has 1 aromatic carbocycles. The number of pyridine rings is 1. The van der Waals surface area contributed by atoms with Crippen molar-refractivity contribution in [2.75, 3.05) is 20.0 Å². The van der Waals surface area contributed by atoms with E-state index in [2.05, 4.69) is 4.98 Å². The van der Waals surface area contributed by atoms with Gasteiger partial charge in [-0.2, -0.15) is 0 Å². The minimum atomic E-state index is -0.498. The molecule has 1 aromatic heterocycles. The lowest BCUT2D eigenvalue weighted by Crippen LogP contribution is -2.30. The first-order chi connectivity index (χ1) is 9.12. The second kappa shape index (κ2) is 4.99. The molecule has 7 nitrogen and oxygen atoms in total. The Balaban J connectivity index is 2.72. The number of hydrogen-bond acceptors (Lipinski definition) is 6. The van der Waals surface area contributed by atoms with E-state index in [1.807, 2.05) is 5.43 Å². The molecule has 0 bridgehead atoms. The molecule has 19 heavy (non-hydrogen) atoms. The fraction of sp³-hybridized carbons (Fsp3) is 0.167. The van der Waals surface area contributed by atoms with Crippen LogP contribution >= 0.6 is 0 Å². The molecule has 0 unspecified atom stereocenters. The van der Waals surface area contributed by atoms with Gasteiger partial charge in [-0.3, -0.25) is 15.2 Å². The van der Waals surface area contributed by atoms with E-state index in [9.17, 15) is 4.79 Å². The SMILES string of the molecule is COc1cc2ncc(C(=O)NN)c(N)c2cc1OC. The number of amides is 1. The summed E-state index contributed by atoms with van der Waals surface area (Å²) in [5.41, 5.74) is 9.08. The first kappa shape index (κ1) is 12.9. The quantitative estimate of drug-likeness (QED) is 0.420. The topological polar surface area (TPSA) is 112 Å². The van der Waals surface area contributed by atoms with Crippen LogP contribution in [0.4, 0.5) is 5.69 Å². The van der Waals surface area contributed by atoms with Crippen LogP contribution < -0.4 is 26.5 Å². The minimum absolute atomic E-state index is 0.210. The molecule has 0 atom stereocenters. The van der Waals surface area contributed by atoms with Gasteiger partial charge < -0.3 is 15.2 Å². The van der Waals surface area contributed by atoms with Crippen LogP contribution in [0, 0.1) is 0 Å². The van der Waals surface area contributed by atoms with Crippen LogP contribution in [0.2, 0.25) is 0 Å². The van der Waals surface area contributed by atoms with Crippen molar-refractivity contribution in [2.24, 2.45) is 5.84 Å². The summed E-state index contributed by atoms with van der Waals surface area (Å²) in [5.74, 6) is 5.64. The van der Waals surface area contributed by atoms with Crippen molar-refractivity contribution in [2.45, 2.75) is 0 Å². The summed E-state index contributed by atoms with van der Waals surface area (Å²) in [7, 11) is 3.05. The zero-order chi connectivity index (χ0) is 14.0. The Morgan fingerprint density at radius 1 is 1.26 bits per heavy atom. The number of hydrogen-bond donors (Lipinski definition) is 3. The van der Waals surface area contributed by atoms with E-state index in [4.69, 9.17) is 21.1 Å². The third-order valence-electron chi connectivity index (χ3n) is 2.79. The number of nitrogen functional groups attached to an aromatic ring is 2. The summed E-state index contributed by atoms with van der Waals surface area (Å²) in [6.45, 7) is 0. The maximum absolute atomic E-state index is 11.5. The van der Waals surface area contributed by atoms with Gasteiger partial charge in [0.25, 0.3) is 5.91 Å². The summed E-state index contributed by atoms with van der Waals surface area (Å²) in [4.78, 5) is 15.7. The fourth-order valence-corrected chi connectivity index (χ4v) is 1.80. The van der Waals surface area contributed by atoms with Gasteiger partial charge in [0.15, 0.2) is 11.5 Å². The number of nitrogens with two attached hydrogens (primary N) is 2. The van der Waals surface area contributed by atoms with E-state index in [0.717, 1.165) is 0 Å². The number of benzene rings is 1. The zero-order valence-electron chi connectivity index (χ0n) is 10.6. The van der Waals surface area contributed by atoms with Gasteiger partial charge >= 0.3 is 0 Å². The molecule has 0 aliphatic carbocycles. The number of carbonyl (C=O) groups excluding carboxylic acids is 1. The van der Waals surface area contributed by atoms with Crippen molar-refractivity contribution >= 4 is 22.5 Å². The second-order valence-corrected chi connectivity index (χ2v) is 3.78. The monoisotopic (exact) mass is 262 g/mol. The molecular formula is C12H14N4O3. The van der Waals surface area contributed by atoms with Gasteiger partial charge in [-0.05, 0) is 6.07 Å². The molecule has 5 N–H and O–H groups in total. The number of nitrogens with one attached hydrogen (secondary N) is 1. The third kappa shape index (κ3) is 2.11. The molecule has 7 heteroatoms. The average molecular weight is 262 g/mol. The number of carbonyl (C=O) groups is 1. The number of hydrazine groups is 1. The van der Waals surface area contributed by atoms with Crippen LogP contribution in [-0.4, -0.2) is 25.1 Å². The summed E-state index contributed by atoms with van der Waals surface area (Å²) in [5, 5.41) is 0.596. The van der Waals surface area contributed by atoms with Crippen LogP contribution in [0.15, 0.2) is 18.3 Å². The Morgan fingerprint density at radius 2 is 1.89 bits per heavy atom. The Hall–Kier alpha value is -2.54. The average Bonchev–Trinajstić information content (AvgIpc) is 2.45. The molecular weight excluding hydrogens is 248 g/mol.